The number of likely N-dealkylation sites (tertiary alicyclic amines) is 2. The molecule has 0 radical (unpaired) electrons. The number of carbonyl (C=O) groups excluding carboxylic acids is 2. The average Bonchev–Trinajstić information content (AvgIpc) is 2.73. The first-order chi connectivity index (χ1) is 10.8. The third-order valence-electron chi connectivity index (χ3n) is 4.40. The van der Waals surface area contributed by atoms with Gasteiger partial charge in [0.25, 0.3) is 0 Å². The van der Waals surface area contributed by atoms with Crippen LogP contribution in [0.15, 0.2) is 30.3 Å². The van der Waals surface area contributed by atoms with Crippen LogP contribution in [0.3, 0.4) is 0 Å². The van der Waals surface area contributed by atoms with Crippen molar-refractivity contribution in [3.05, 3.63) is 35.9 Å². The number of ketones is 1. The van der Waals surface area contributed by atoms with Crippen LogP contribution in [0.2, 0.25) is 0 Å². The first-order valence-corrected chi connectivity index (χ1v) is 8.06. The van der Waals surface area contributed by atoms with Gasteiger partial charge < -0.3 is 9.64 Å². The van der Waals surface area contributed by atoms with E-state index in [0.29, 0.717) is 26.1 Å². The van der Waals surface area contributed by atoms with Crippen LogP contribution >= 0.6 is 0 Å². The predicted octanol–water partition coefficient (Wildman–Crippen LogP) is 2.45. The van der Waals surface area contributed by atoms with Crippen molar-refractivity contribution in [3.8, 4) is 0 Å². The molecule has 0 atom stereocenters. The maximum Gasteiger partial charge on any atom is 0.410 e. The lowest BCUT2D eigenvalue weighted by molar-refractivity contribution is -0.117. The van der Waals surface area contributed by atoms with E-state index in [-0.39, 0.29) is 17.4 Å². The molecule has 2 saturated heterocycles. The summed E-state index contributed by atoms with van der Waals surface area (Å²) in [6.07, 6.45) is 0.237. The van der Waals surface area contributed by atoms with E-state index >= 15 is 0 Å². The van der Waals surface area contributed by atoms with Crippen LogP contribution in [-0.2, 0) is 16.1 Å². The van der Waals surface area contributed by atoms with E-state index in [9.17, 15) is 9.59 Å². The third kappa shape index (κ3) is 3.39. The zero-order valence-electron chi connectivity index (χ0n) is 14.0. The molecule has 0 aliphatic carbocycles. The lowest BCUT2D eigenvalue weighted by Gasteiger charge is -2.52. The smallest absolute Gasteiger partial charge is 0.410 e. The highest BCUT2D eigenvalue weighted by molar-refractivity contribution is 5.85. The van der Waals surface area contributed by atoms with Crippen LogP contribution in [0.25, 0.3) is 0 Å². The van der Waals surface area contributed by atoms with Gasteiger partial charge in [-0.25, -0.2) is 4.79 Å². The summed E-state index contributed by atoms with van der Waals surface area (Å²) in [4.78, 5) is 28.0. The number of amides is 1. The average molecular weight is 316 g/mol. The van der Waals surface area contributed by atoms with E-state index in [1.807, 2.05) is 39.0 Å². The van der Waals surface area contributed by atoms with Gasteiger partial charge in [-0.2, -0.15) is 0 Å². The zero-order valence-corrected chi connectivity index (χ0v) is 14.0. The first-order valence-electron chi connectivity index (χ1n) is 8.06. The summed E-state index contributed by atoms with van der Waals surface area (Å²) in [6.45, 7) is 7.94. The Labute approximate surface area is 137 Å². The molecule has 1 spiro atoms. The highest BCUT2D eigenvalue weighted by atomic mass is 16.6. The number of Topliss-reactive ketones (excluding diaryl/α,β-unsaturated/α-hetero) is 1. The molecule has 2 aliphatic rings. The molecule has 23 heavy (non-hydrogen) atoms. The Kier molecular flexibility index (Phi) is 3.92. The molecule has 3 rings (SSSR count). The molecule has 0 unspecified atom stereocenters. The van der Waals surface area contributed by atoms with Crippen LogP contribution in [-0.4, -0.2) is 52.5 Å². The molecule has 0 saturated carbocycles. The summed E-state index contributed by atoms with van der Waals surface area (Å²) in [5.74, 6) is 0.254. The van der Waals surface area contributed by atoms with E-state index < -0.39 is 5.60 Å². The van der Waals surface area contributed by atoms with Crippen LogP contribution < -0.4 is 0 Å². The Morgan fingerprint density at radius 3 is 2.48 bits per heavy atom. The Balaban J connectivity index is 1.65. The molecule has 2 heterocycles. The summed E-state index contributed by atoms with van der Waals surface area (Å²) in [5, 5.41) is 0. The molecule has 1 amide bonds. The second-order valence-corrected chi connectivity index (χ2v) is 7.62. The second kappa shape index (κ2) is 5.64. The normalized spacial score (nSPS) is 20.7. The Morgan fingerprint density at radius 1 is 1.22 bits per heavy atom. The van der Waals surface area contributed by atoms with Crippen molar-refractivity contribution in [2.75, 3.05) is 19.6 Å². The fourth-order valence-corrected chi connectivity index (χ4v) is 3.37. The fourth-order valence-electron chi connectivity index (χ4n) is 3.37. The molecule has 2 aliphatic heterocycles. The van der Waals surface area contributed by atoms with Crippen molar-refractivity contribution in [2.24, 2.45) is 0 Å². The summed E-state index contributed by atoms with van der Waals surface area (Å²) in [7, 11) is 0. The highest BCUT2D eigenvalue weighted by Crippen LogP contribution is 2.37. The van der Waals surface area contributed by atoms with Gasteiger partial charge in [0.15, 0.2) is 0 Å². The Morgan fingerprint density at radius 2 is 1.87 bits per heavy atom. The van der Waals surface area contributed by atoms with Gasteiger partial charge in [0.1, 0.15) is 11.4 Å². The highest BCUT2D eigenvalue weighted by Gasteiger charge is 2.55. The van der Waals surface area contributed by atoms with Crippen molar-refractivity contribution in [1.29, 1.82) is 0 Å². The topological polar surface area (TPSA) is 49.9 Å². The predicted molar refractivity (Wildman–Crippen MR) is 87.0 cm³/mol. The summed E-state index contributed by atoms with van der Waals surface area (Å²) in [6, 6.07) is 10.1. The number of ether oxygens (including phenoxy) is 1. The maximum absolute atomic E-state index is 12.1. The molecule has 1 aromatic carbocycles. The van der Waals surface area contributed by atoms with Gasteiger partial charge in [-0.3, -0.25) is 9.69 Å². The van der Waals surface area contributed by atoms with Gasteiger partial charge in [0.2, 0.25) is 0 Å². The fraction of sp³-hybridized carbons (Fsp3) is 0.556. The van der Waals surface area contributed by atoms with E-state index in [0.717, 1.165) is 6.54 Å². The van der Waals surface area contributed by atoms with Crippen molar-refractivity contribution in [2.45, 2.75) is 44.9 Å². The molecule has 0 bridgehead atoms. The number of nitrogens with zero attached hydrogens (tertiary/aromatic N) is 2. The van der Waals surface area contributed by atoms with Crippen LogP contribution in [0.4, 0.5) is 4.79 Å². The van der Waals surface area contributed by atoms with Gasteiger partial charge in [-0.05, 0) is 26.3 Å². The van der Waals surface area contributed by atoms with Gasteiger partial charge in [-0.15, -0.1) is 0 Å². The third-order valence-corrected chi connectivity index (χ3v) is 4.40. The zero-order chi connectivity index (χ0) is 16.7. The summed E-state index contributed by atoms with van der Waals surface area (Å²) >= 11 is 0. The molecule has 0 N–H and O–H groups in total. The minimum absolute atomic E-state index is 0.205. The van der Waals surface area contributed by atoms with E-state index in [1.165, 1.54) is 5.56 Å². The van der Waals surface area contributed by atoms with E-state index in [2.05, 4.69) is 17.0 Å². The number of hydrogen-bond acceptors (Lipinski definition) is 4. The van der Waals surface area contributed by atoms with Crippen LogP contribution in [0.1, 0.15) is 32.8 Å². The summed E-state index contributed by atoms with van der Waals surface area (Å²) in [5.41, 5.74) is 0.496. The second-order valence-electron chi connectivity index (χ2n) is 7.62. The molecule has 0 aromatic heterocycles. The standard InChI is InChI=1S/C18H24N2O3/c1-17(2,3)23-16(22)19-12-18(13-19)9-15(21)11-20(18)10-14-7-5-4-6-8-14/h4-8H,9-13H2,1-3H3. The number of rotatable bonds is 2. The maximum atomic E-state index is 12.1. The van der Waals surface area contributed by atoms with Crippen molar-refractivity contribution >= 4 is 11.9 Å². The Hall–Kier alpha value is -1.88. The van der Waals surface area contributed by atoms with E-state index in [1.54, 1.807) is 4.90 Å². The molecular formula is C18H24N2O3. The monoisotopic (exact) mass is 316 g/mol. The lowest BCUT2D eigenvalue weighted by atomic mass is 9.86. The lowest BCUT2D eigenvalue weighted by Crippen LogP contribution is -2.69. The van der Waals surface area contributed by atoms with E-state index in [4.69, 9.17) is 4.74 Å². The molecular weight excluding hydrogens is 292 g/mol. The largest absolute Gasteiger partial charge is 0.444 e. The van der Waals surface area contributed by atoms with Crippen molar-refractivity contribution in [1.82, 2.24) is 9.80 Å². The molecule has 5 heteroatoms. The SMILES string of the molecule is CC(C)(C)OC(=O)N1CC2(CC(=O)CN2Cc2ccccc2)C1. The van der Waals surface area contributed by atoms with Gasteiger partial charge in [-0.1, -0.05) is 30.3 Å². The van der Waals surface area contributed by atoms with Gasteiger partial charge in [0.05, 0.1) is 12.1 Å². The quantitative estimate of drug-likeness (QED) is 0.841. The van der Waals surface area contributed by atoms with Crippen molar-refractivity contribution < 1.29 is 14.3 Å². The van der Waals surface area contributed by atoms with Crippen molar-refractivity contribution in [3.63, 3.8) is 0 Å². The van der Waals surface area contributed by atoms with Gasteiger partial charge >= 0.3 is 6.09 Å². The number of carbonyl (C=O) groups is 2. The van der Waals surface area contributed by atoms with Gasteiger partial charge in [0, 0.05) is 26.1 Å². The minimum Gasteiger partial charge on any atom is -0.444 e. The molecule has 2 fully saturated rings. The molecule has 1 aromatic rings. The number of hydrogen-bond donors (Lipinski definition) is 0. The van der Waals surface area contributed by atoms with Crippen LogP contribution in [0.5, 0.6) is 0 Å². The molecule has 124 valence electrons. The first kappa shape index (κ1) is 16.0. The van der Waals surface area contributed by atoms with Crippen LogP contribution in [0, 0.1) is 0 Å². The Bertz CT molecular complexity index is 600. The summed E-state index contributed by atoms with van der Waals surface area (Å²) < 4.78 is 5.41. The minimum atomic E-state index is -0.491. The molecule has 5 nitrogen and oxygen atoms in total. The number of benzene rings is 1.